The van der Waals surface area contributed by atoms with Crippen LogP contribution >= 0.6 is 11.6 Å². The van der Waals surface area contributed by atoms with Crippen molar-refractivity contribution in [3.8, 4) is 0 Å². The second-order valence-corrected chi connectivity index (χ2v) is 7.15. The van der Waals surface area contributed by atoms with Gasteiger partial charge in [-0.15, -0.1) is 0 Å². The van der Waals surface area contributed by atoms with E-state index >= 15 is 0 Å². The Kier molecular flexibility index (Phi) is 5.76. The number of amides is 2. The summed E-state index contributed by atoms with van der Waals surface area (Å²) in [6, 6.07) is 18.1. The molecule has 3 aromatic rings. The highest BCUT2D eigenvalue weighted by atomic mass is 35.5. The summed E-state index contributed by atoms with van der Waals surface area (Å²) in [5.41, 5.74) is 4.09. The van der Waals surface area contributed by atoms with Gasteiger partial charge in [0.2, 0.25) is 0 Å². The van der Waals surface area contributed by atoms with E-state index in [1.54, 1.807) is 29.3 Å². The minimum absolute atomic E-state index is 0.287. The summed E-state index contributed by atoms with van der Waals surface area (Å²) in [5, 5.41) is 6.90. The van der Waals surface area contributed by atoms with E-state index in [2.05, 4.69) is 10.7 Å². The Morgan fingerprint density at radius 3 is 2.48 bits per heavy atom. The van der Waals surface area contributed by atoms with E-state index < -0.39 is 0 Å². The number of hydrogen-bond acceptors (Lipinski definition) is 4. The van der Waals surface area contributed by atoms with Gasteiger partial charge in [-0.1, -0.05) is 48.0 Å². The maximum absolute atomic E-state index is 13.0. The number of carbonyl (C=O) groups excluding carboxylic acids is 2. The standard InChI is InChI=1S/C22H20ClN3O3/c23-16-8-9-20(19(14-16)22(28)25-26-10-12-29-13-11-26)24-21(27)18-7-3-5-15-4-1-2-6-17(15)18/h1-9,14H,10-13H2,(H,24,27)(H,25,28). The predicted octanol–water partition coefficient (Wildman–Crippen LogP) is 3.72. The fourth-order valence-electron chi connectivity index (χ4n) is 3.31. The minimum Gasteiger partial charge on any atom is -0.379 e. The molecule has 1 aliphatic heterocycles. The van der Waals surface area contributed by atoms with Crippen LogP contribution in [0.25, 0.3) is 10.8 Å². The average Bonchev–Trinajstić information content (AvgIpc) is 2.75. The molecule has 0 radical (unpaired) electrons. The predicted molar refractivity (Wildman–Crippen MR) is 113 cm³/mol. The topological polar surface area (TPSA) is 70.7 Å². The molecule has 6 nitrogen and oxygen atoms in total. The first-order valence-corrected chi connectivity index (χ1v) is 9.72. The molecule has 1 saturated heterocycles. The van der Waals surface area contributed by atoms with Crippen LogP contribution in [0.5, 0.6) is 0 Å². The van der Waals surface area contributed by atoms with E-state index in [0.29, 0.717) is 48.1 Å². The smallest absolute Gasteiger partial charge is 0.267 e. The zero-order valence-corrected chi connectivity index (χ0v) is 16.4. The molecule has 4 rings (SSSR count). The summed E-state index contributed by atoms with van der Waals surface area (Å²) in [5.74, 6) is -0.618. The van der Waals surface area contributed by atoms with Crippen molar-refractivity contribution < 1.29 is 14.3 Å². The SMILES string of the molecule is O=C(NN1CCOCC1)c1cc(Cl)ccc1NC(=O)c1cccc2ccccc12. The van der Waals surface area contributed by atoms with Crippen LogP contribution in [-0.4, -0.2) is 43.1 Å². The molecule has 148 valence electrons. The second-order valence-electron chi connectivity index (χ2n) is 6.71. The second kappa shape index (κ2) is 8.61. The van der Waals surface area contributed by atoms with Gasteiger partial charge in [0.05, 0.1) is 24.5 Å². The number of carbonyl (C=O) groups is 2. The quantitative estimate of drug-likeness (QED) is 0.689. The molecule has 3 aromatic carbocycles. The van der Waals surface area contributed by atoms with Crippen molar-refractivity contribution in [3.63, 3.8) is 0 Å². The Bertz CT molecular complexity index is 1060. The Balaban J connectivity index is 1.59. The van der Waals surface area contributed by atoms with E-state index in [9.17, 15) is 9.59 Å². The van der Waals surface area contributed by atoms with Gasteiger partial charge in [0.1, 0.15) is 0 Å². The van der Waals surface area contributed by atoms with E-state index in [1.807, 2.05) is 36.4 Å². The Morgan fingerprint density at radius 2 is 1.66 bits per heavy atom. The number of benzene rings is 3. The third-order valence-electron chi connectivity index (χ3n) is 4.78. The lowest BCUT2D eigenvalue weighted by atomic mass is 10.0. The van der Waals surface area contributed by atoms with Gasteiger partial charge in [-0.3, -0.25) is 15.0 Å². The molecule has 0 aliphatic carbocycles. The van der Waals surface area contributed by atoms with Gasteiger partial charge < -0.3 is 10.1 Å². The van der Waals surface area contributed by atoms with Crippen molar-refractivity contribution in [1.29, 1.82) is 0 Å². The minimum atomic E-state index is -0.331. The van der Waals surface area contributed by atoms with Crippen molar-refractivity contribution in [3.05, 3.63) is 76.8 Å². The highest BCUT2D eigenvalue weighted by molar-refractivity contribution is 6.31. The number of anilines is 1. The van der Waals surface area contributed by atoms with E-state index in [-0.39, 0.29) is 11.8 Å². The van der Waals surface area contributed by atoms with Gasteiger partial charge >= 0.3 is 0 Å². The number of halogens is 1. The average molecular weight is 410 g/mol. The molecule has 0 unspecified atom stereocenters. The lowest BCUT2D eigenvalue weighted by Gasteiger charge is -2.27. The molecule has 1 fully saturated rings. The molecule has 0 saturated carbocycles. The van der Waals surface area contributed by atoms with Gasteiger partial charge in [0.15, 0.2) is 0 Å². The maximum atomic E-state index is 13.0. The number of nitrogens with zero attached hydrogens (tertiary/aromatic N) is 1. The Morgan fingerprint density at radius 1 is 0.897 bits per heavy atom. The molecular weight excluding hydrogens is 390 g/mol. The first-order chi connectivity index (χ1) is 14.1. The van der Waals surface area contributed by atoms with Gasteiger partial charge in [0, 0.05) is 23.7 Å². The third-order valence-corrected chi connectivity index (χ3v) is 5.01. The molecule has 2 N–H and O–H groups in total. The zero-order chi connectivity index (χ0) is 20.2. The van der Waals surface area contributed by atoms with Crippen molar-refractivity contribution in [2.24, 2.45) is 0 Å². The lowest BCUT2D eigenvalue weighted by molar-refractivity contribution is 0.0126. The number of rotatable bonds is 4. The van der Waals surface area contributed by atoms with Gasteiger partial charge in [-0.05, 0) is 35.0 Å². The summed E-state index contributed by atoms with van der Waals surface area (Å²) in [6.45, 7) is 2.31. The van der Waals surface area contributed by atoms with E-state index in [1.165, 1.54) is 0 Å². The Hall–Kier alpha value is -2.93. The number of morpholine rings is 1. The Labute approximate surface area is 173 Å². The van der Waals surface area contributed by atoms with Crippen molar-refractivity contribution in [1.82, 2.24) is 10.4 Å². The third kappa shape index (κ3) is 4.40. The number of nitrogens with one attached hydrogen (secondary N) is 2. The number of hydrogen-bond donors (Lipinski definition) is 2. The maximum Gasteiger partial charge on any atom is 0.267 e. The number of ether oxygens (including phenoxy) is 1. The molecule has 7 heteroatoms. The summed E-state index contributed by atoms with van der Waals surface area (Å²) in [7, 11) is 0. The fraction of sp³-hybridized carbons (Fsp3) is 0.182. The summed E-state index contributed by atoms with van der Waals surface area (Å²) >= 11 is 6.11. The van der Waals surface area contributed by atoms with Crippen LogP contribution < -0.4 is 10.7 Å². The van der Waals surface area contributed by atoms with Crippen molar-refractivity contribution >= 4 is 39.9 Å². The van der Waals surface area contributed by atoms with Crippen LogP contribution in [0.3, 0.4) is 0 Å². The first kappa shape index (κ1) is 19.4. The van der Waals surface area contributed by atoms with Gasteiger partial charge in [0.25, 0.3) is 11.8 Å². The van der Waals surface area contributed by atoms with Crippen LogP contribution in [0, 0.1) is 0 Å². The van der Waals surface area contributed by atoms with Gasteiger partial charge in [-0.2, -0.15) is 0 Å². The van der Waals surface area contributed by atoms with Crippen LogP contribution in [0.2, 0.25) is 5.02 Å². The molecule has 29 heavy (non-hydrogen) atoms. The fourth-order valence-corrected chi connectivity index (χ4v) is 3.48. The molecule has 0 atom stereocenters. The highest BCUT2D eigenvalue weighted by Crippen LogP contribution is 2.24. The van der Waals surface area contributed by atoms with Crippen LogP contribution in [0.1, 0.15) is 20.7 Å². The largest absolute Gasteiger partial charge is 0.379 e. The van der Waals surface area contributed by atoms with E-state index in [0.717, 1.165) is 10.8 Å². The van der Waals surface area contributed by atoms with Crippen LogP contribution in [-0.2, 0) is 4.74 Å². The zero-order valence-electron chi connectivity index (χ0n) is 15.7. The molecule has 0 spiro atoms. The summed E-state index contributed by atoms with van der Waals surface area (Å²) in [6.07, 6.45) is 0. The molecular formula is C22H20ClN3O3. The molecule has 0 bridgehead atoms. The number of fused-ring (bicyclic) bond motifs is 1. The van der Waals surface area contributed by atoms with Crippen LogP contribution in [0.4, 0.5) is 5.69 Å². The monoisotopic (exact) mass is 409 g/mol. The number of hydrazine groups is 1. The van der Waals surface area contributed by atoms with Crippen molar-refractivity contribution in [2.45, 2.75) is 0 Å². The van der Waals surface area contributed by atoms with Gasteiger partial charge in [-0.25, -0.2) is 5.01 Å². The molecule has 1 aliphatic rings. The van der Waals surface area contributed by atoms with Crippen LogP contribution in [0.15, 0.2) is 60.7 Å². The highest BCUT2D eigenvalue weighted by Gasteiger charge is 2.19. The normalized spacial score (nSPS) is 14.5. The molecule has 2 amide bonds. The lowest BCUT2D eigenvalue weighted by Crippen LogP contribution is -2.48. The molecule has 0 aromatic heterocycles. The summed E-state index contributed by atoms with van der Waals surface area (Å²) < 4.78 is 5.30. The first-order valence-electron chi connectivity index (χ1n) is 9.34. The molecule has 1 heterocycles. The van der Waals surface area contributed by atoms with Crippen molar-refractivity contribution in [2.75, 3.05) is 31.6 Å². The summed E-state index contributed by atoms with van der Waals surface area (Å²) in [4.78, 5) is 25.8. The van der Waals surface area contributed by atoms with E-state index in [4.69, 9.17) is 16.3 Å².